The number of nitrogens with two attached hydrogens (primary N) is 1. The molecule has 2 aliphatic rings. The number of nitrogens with one attached hydrogen (secondary N) is 1. The number of nitrogens with zero attached hydrogens (tertiary/aromatic N) is 6. The molecule has 43 heavy (non-hydrogen) atoms. The van der Waals surface area contributed by atoms with Crippen molar-refractivity contribution in [2.75, 3.05) is 45.6 Å². The first-order valence-corrected chi connectivity index (χ1v) is 16.7. The van der Waals surface area contributed by atoms with E-state index in [1.165, 1.54) is 16.4 Å². The molecule has 0 bridgehead atoms. The summed E-state index contributed by atoms with van der Waals surface area (Å²) in [6.07, 6.45) is 5.93. The average Bonchev–Trinajstić information content (AvgIpc) is 3.67. The molecule has 236 valence electrons. The summed E-state index contributed by atoms with van der Waals surface area (Å²) in [7, 11) is 2.18. The molecule has 2 heterocycles. The lowest BCUT2D eigenvalue weighted by Crippen LogP contribution is -2.37. The highest BCUT2D eigenvalue weighted by atomic mass is 35.5. The minimum atomic E-state index is -3.68. The SMILES string of the molecule is C=C(Cl)C(=NC(N)=Nc1cc(C)c(C2CCN(CCN(C)C)CC2)cc1OC1CC1)Nc1cn(C)nc1S(=O)(=O)C(C)C. The van der Waals surface area contributed by atoms with Crippen molar-refractivity contribution in [1.82, 2.24) is 19.6 Å². The van der Waals surface area contributed by atoms with E-state index in [1.807, 2.05) is 6.07 Å². The van der Waals surface area contributed by atoms with Crippen LogP contribution in [0.1, 0.15) is 56.6 Å². The number of piperidine rings is 1. The zero-order chi connectivity index (χ0) is 31.5. The lowest BCUT2D eigenvalue weighted by molar-refractivity contribution is 0.193. The van der Waals surface area contributed by atoms with Crippen molar-refractivity contribution in [3.05, 3.63) is 41.1 Å². The number of hydrogen-bond donors (Lipinski definition) is 2. The highest BCUT2D eigenvalue weighted by molar-refractivity contribution is 7.92. The zero-order valence-corrected chi connectivity index (χ0v) is 27.7. The predicted octanol–water partition coefficient (Wildman–Crippen LogP) is 4.40. The zero-order valence-electron chi connectivity index (χ0n) is 26.1. The molecule has 4 rings (SSSR count). The van der Waals surface area contributed by atoms with E-state index in [4.69, 9.17) is 22.1 Å². The van der Waals surface area contributed by atoms with Crippen molar-refractivity contribution >= 4 is 44.6 Å². The highest BCUT2D eigenvalue weighted by Crippen LogP contribution is 2.40. The van der Waals surface area contributed by atoms with Gasteiger partial charge in [-0.15, -0.1) is 0 Å². The number of rotatable bonds is 11. The minimum Gasteiger partial charge on any atom is -0.488 e. The van der Waals surface area contributed by atoms with Crippen molar-refractivity contribution in [2.24, 2.45) is 22.8 Å². The monoisotopic (exact) mass is 632 g/mol. The van der Waals surface area contributed by atoms with Gasteiger partial charge in [0, 0.05) is 26.3 Å². The van der Waals surface area contributed by atoms with Gasteiger partial charge in [-0.2, -0.15) is 10.1 Å². The van der Waals surface area contributed by atoms with Crippen LogP contribution in [-0.2, 0) is 16.9 Å². The number of ether oxygens (including phenoxy) is 1. The van der Waals surface area contributed by atoms with Crippen molar-refractivity contribution < 1.29 is 13.2 Å². The van der Waals surface area contributed by atoms with Gasteiger partial charge in [-0.05, 0) is 103 Å². The Labute approximate surface area is 260 Å². The van der Waals surface area contributed by atoms with Crippen molar-refractivity contribution in [1.29, 1.82) is 0 Å². The Hall–Kier alpha value is -2.93. The van der Waals surface area contributed by atoms with Gasteiger partial charge in [0.2, 0.25) is 20.8 Å². The second-order valence-corrected chi connectivity index (χ2v) is 14.9. The lowest BCUT2D eigenvalue weighted by atomic mass is 9.86. The maximum Gasteiger partial charge on any atom is 0.222 e. The molecule has 3 N–H and O–H groups in total. The fourth-order valence-corrected chi connectivity index (χ4v) is 6.21. The molecule has 1 aliphatic carbocycles. The summed E-state index contributed by atoms with van der Waals surface area (Å²) in [5.74, 6) is 1.13. The molecule has 1 aromatic heterocycles. The van der Waals surface area contributed by atoms with Crippen molar-refractivity contribution in [2.45, 2.75) is 68.8 Å². The number of hydrogen-bond acceptors (Lipinski definition) is 7. The first-order valence-electron chi connectivity index (χ1n) is 14.7. The van der Waals surface area contributed by atoms with E-state index in [1.54, 1.807) is 20.9 Å². The van der Waals surface area contributed by atoms with Gasteiger partial charge in [0.15, 0.2) is 5.84 Å². The molecular weight excluding hydrogens is 588 g/mol. The smallest absolute Gasteiger partial charge is 0.222 e. The van der Waals surface area contributed by atoms with Gasteiger partial charge in [0.25, 0.3) is 0 Å². The third kappa shape index (κ3) is 8.59. The van der Waals surface area contributed by atoms with Crippen LogP contribution in [0.2, 0.25) is 0 Å². The van der Waals surface area contributed by atoms with Gasteiger partial charge in [0.05, 0.1) is 22.1 Å². The summed E-state index contributed by atoms with van der Waals surface area (Å²) in [4.78, 5) is 13.7. The Morgan fingerprint density at radius 1 is 1.26 bits per heavy atom. The molecule has 13 heteroatoms. The molecular formula is C30H45ClN8O3S. The Kier molecular flexibility index (Phi) is 10.6. The molecule has 1 aliphatic heterocycles. The molecule has 2 fully saturated rings. The van der Waals surface area contributed by atoms with Crippen LogP contribution in [0.4, 0.5) is 11.4 Å². The van der Waals surface area contributed by atoms with Crippen LogP contribution in [0.25, 0.3) is 0 Å². The number of amidine groups is 1. The number of likely N-dealkylation sites (tertiary alicyclic amines) is 1. The number of aryl methyl sites for hydroxylation is 2. The van der Waals surface area contributed by atoms with Crippen LogP contribution < -0.4 is 15.8 Å². The molecule has 1 aromatic carbocycles. The standard InChI is InChI=1S/C30H45ClN8O3S/c1-19(2)43(40,41)29-26(18-38(7)36-29)33-28(21(4)31)35-30(32)34-25-16-20(3)24(17-27(25)42-23-8-9-23)22-10-12-39(13-11-22)15-14-37(5)6/h16-19,22-23H,4,8-15H2,1-3,5-7H3,(H3,32,33,34,35). The number of likely N-dealkylation sites (N-methyl/N-ethyl adjacent to an activating group) is 1. The number of aliphatic imine (C=N–C) groups is 2. The molecule has 0 atom stereocenters. The molecule has 0 radical (unpaired) electrons. The second-order valence-electron chi connectivity index (χ2n) is 12.0. The predicted molar refractivity (Wildman–Crippen MR) is 175 cm³/mol. The molecule has 0 amide bonds. The fraction of sp³-hybridized carbons (Fsp3) is 0.567. The van der Waals surface area contributed by atoms with Crippen LogP contribution in [0.5, 0.6) is 5.75 Å². The number of guanidine groups is 1. The Morgan fingerprint density at radius 2 is 1.93 bits per heavy atom. The van der Waals surface area contributed by atoms with E-state index in [-0.39, 0.29) is 33.6 Å². The number of aromatic nitrogens is 2. The van der Waals surface area contributed by atoms with Gasteiger partial charge in [-0.1, -0.05) is 18.2 Å². The summed E-state index contributed by atoms with van der Waals surface area (Å²) in [6, 6.07) is 4.13. The lowest BCUT2D eigenvalue weighted by Gasteiger charge is -2.33. The first-order chi connectivity index (χ1) is 20.2. The van der Waals surface area contributed by atoms with Gasteiger partial charge in [-0.3, -0.25) is 4.68 Å². The van der Waals surface area contributed by atoms with E-state index in [9.17, 15) is 8.42 Å². The third-order valence-electron chi connectivity index (χ3n) is 7.71. The second kappa shape index (κ2) is 13.8. The van der Waals surface area contributed by atoms with Crippen LogP contribution in [0.15, 0.2) is 45.0 Å². The van der Waals surface area contributed by atoms with Crippen LogP contribution in [-0.4, -0.2) is 91.4 Å². The third-order valence-corrected chi connectivity index (χ3v) is 9.97. The van der Waals surface area contributed by atoms with Crippen LogP contribution >= 0.6 is 11.6 Å². The van der Waals surface area contributed by atoms with Crippen LogP contribution in [0.3, 0.4) is 0 Å². The Morgan fingerprint density at radius 3 is 2.51 bits per heavy atom. The summed E-state index contributed by atoms with van der Waals surface area (Å²) in [5.41, 5.74) is 9.53. The normalized spacial score (nSPS) is 17.6. The van der Waals surface area contributed by atoms with Crippen molar-refractivity contribution in [3.63, 3.8) is 0 Å². The molecule has 2 aromatic rings. The van der Waals surface area contributed by atoms with E-state index in [0.29, 0.717) is 17.4 Å². The molecule has 1 saturated carbocycles. The van der Waals surface area contributed by atoms with E-state index >= 15 is 0 Å². The van der Waals surface area contributed by atoms with E-state index in [0.717, 1.165) is 57.4 Å². The highest BCUT2D eigenvalue weighted by Gasteiger charge is 2.29. The number of halogens is 1. The fourth-order valence-electron chi connectivity index (χ4n) is 5.02. The van der Waals surface area contributed by atoms with E-state index < -0.39 is 15.1 Å². The van der Waals surface area contributed by atoms with Crippen LogP contribution in [0, 0.1) is 6.92 Å². The number of benzene rings is 1. The Balaban J connectivity index is 1.59. The van der Waals surface area contributed by atoms with Gasteiger partial charge in [0.1, 0.15) is 11.4 Å². The van der Waals surface area contributed by atoms with Gasteiger partial charge in [-0.25, -0.2) is 13.4 Å². The summed E-state index contributed by atoms with van der Waals surface area (Å²) >= 11 is 6.26. The molecule has 11 nitrogen and oxygen atoms in total. The topological polar surface area (TPSA) is 130 Å². The number of anilines is 1. The molecule has 1 saturated heterocycles. The maximum atomic E-state index is 12.9. The molecule has 0 spiro atoms. The van der Waals surface area contributed by atoms with Gasteiger partial charge < -0.3 is 25.6 Å². The van der Waals surface area contributed by atoms with E-state index in [2.05, 4.69) is 63.9 Å². The summed E-state index contributed by atoms with van der Waals surface area (Å²) in [5, 5.41) is 6.34. The summed E-state index contributed by atoms with van der Waals surface area (Å²) < 4.78 is 33.5. The van der Waals surface area contributed by atoms with Gasteiger partial charge >= 0.3 is 0 Å². The molecule has 0 unspecified atom stereocenters. The average molecular weight is 633 g/mol. The van der Waals surface area contributed by atoms with Crippen molar-refractivity contribution in [3.8, 4) is 5.75 Å². The largest absolute Gasteiger partial charge is 0.488 e. The quantitative estimate of drug-likeness (QED) is 0.275. The number of sulfone groups is 1. The minimum absolute atomic E-state index is 0.0350. The summed E-state index contributed by atoms with van der Waals surface area (Å²) in [6.45, 7) is 13.4. The maximum absolute atomic E-state index is 12.9. The Bertz CT molecular complexity index is 1490. The first kappa shape index (κ1) is 33.0.